The maximum Gasteiger partial charge on any atom is 0.269 e. The fraction of sp³-hybridized carbons (Fsp3) is 0.0952. The van der Waals surface area contributed by atoms with Gasteiger partial charge in [0.2, 0.25) is 0 Å². The van der Waals surface area contributed by atoms with Crippen LogP contribution in [0.3, 0.4) is 0 Å². The summed E-state index contributed by atoms with van der Waals surface area (Å²) in [6, 6.07) is 21.9. The number of non-ortho nitro benzene ring substituents is 1. The first kappa shape index (κ1) is 17.4. The van der Waals surface area contributed by atoms with Crippen LogP contribution in [0.15, 0.2) is 77.8 Å². The molecular formula is C21H18N2O3. The second kappa shape index (κ2) is 8.07. The second-order valence-electron chi connectivity index (χ2n) is 5.84. The van der Waals surface area contributed by atoms with Crippen molar-refractivity contribution in [2.75, 3.05) is 0 Å². The van der Waals surface area contributed by atoms with Gasteiger partial charge in [0.05, 0.1) is 10.6 Å². The zero-order valence-electron chi connectivity index (χ0n) is 14.3. The van der Waals surface area contributed by atoms with Crippen molar-refractivity contribution in [1.82, 2.24) is 0 Å². The second-order valence-corrected chi connectivity index (χ2v) is 5.84. The van der Waals surface area contributed by atoms with E-state index in [2.05, 4.69) is 4.99 Å². The molecule has 0 atom stereocenters. The highest BCUT2D eigenvalue weighted by atomic mass is 16.6. The van der Waals surface area contributed by atoms with Crippen LogP contribution in [-0.2, 0) is 6.61 Å². The third kappa shape index (κ3) is 4.54. The van der Waals surface area contributed by atoms with Gasteiger partial charge in [0.15, 0.2) is 0 Å². The van der Waals surface area contributed by atoms with Crippen molar-refractivity contribution in [1.29, 1.82) is 0 Å². The summed E-state index contributed by atoms with van der Waals surface area (Å²) in [5.74, 6) is 0.710. The van der Waals surface area contributed by atoms with Gasteiger partial charge in [0.1, 0.15) is 12.4 Å². The number of aryl methyl sites for hydroxylation is 1. The smallest absolute Gasteiger partial charge is 0.269 e. The number of hydrogen-bond acceptors (Lipinski definition) is 4. The van der Waals surface area contributed by atoms with Crippen molar-refractivity contribution in [2.24, 2.45) is 4.99 Å². The van der Waals surface area contributed by atoms with E-state index >= 15 is 0 Å². The number of nitrogens with zero attached hydrogens (tertiary/aromatic N) is 2. The van der Waals surface area contributed by atoms with E-state index in [9.17, 15) is 10.1 Å². The topological polar surface area (TPSA) is 64.7 Å². The summed E-state index contributed by atoms with van der Waals surface area (Å²) in [7, 11) is 0. The molecule has 0 N–H and O–H groups in total. The van der Waals surface area contributed by atoms with Crippen LogP contribution in [0, 0.1) is 17.0 Å². The molecule has 0 fully saturated rings. The van der Waals surface area contributed by atoms with Gasteiger partial charge in [-0.3, -0.25) is 15.1 Å². The minimum absolute atomic E-state index is 0.0689. The van der Waals surface area contributed by atoms with E-state index < -0.39 is 4.92 Å². The number of rotatable bonds is 6. The number of ether oxygens (including phenoxy) is 1. The van der Waals surface area contributed by atoms with E-state index in [1.54, 1.807) is 18.3 Å². The molecule has 0 radical (unpaired) electrons. The van der Waals surface area contributed by atoms with E-state index in [1.165, 1.54) is 17.7 Å². The summed E-state index contributed by atoms with van der Waals surface area (Å²) in [4.78, 5) is 14.8. The summed E-state index contributed by atoms with van der Waals surface area (Å²) < 4.78 is 5.87. The molecule has 3 aromatic rings. The molecule has 5 nitrogen and oxygen atoms in total. The Morgan fingerprint density at radius 1 is 1.00 bits per heavy atom. The van der Waals surface area contributed by atoms with Crippen LogP contribution < -0.4 is 4.74 Å². The molecule has 3 rings (SSSR count). The Labute approximate surface area is 151 Å². The minimum atomic E-state index is -0.415. The Hall–Kier alpha value is -3.47. The summed E-state index contributed by atoms with van der Waals surface area (Å²) in [5, 5.41) is 10.7. The summed E-state index contributed by atoms with van der Waals surface area (Å²) in [6.07, 6.45) is 1.77. The first-order chi connectivity index (χ1) is 12.6. The predicted molar refractivity (Wildman–Crippen MR) is 102 cm³/mol. The Bertz CT molecular complexity index is 917. The Kier molecular flexibility index (Phi) is 5.39. The van der Waals surface area contributed by atoms with Crippen LogP contribution >= 0.6 is 0 Å². The average molecular weight is 346 g/mol. The van der Waals surface area contributed by atoms with Gasteiger partial charge < -0.3 is 4.74 Å². The van der Waals surface area contributed by atoms with Gasteiger partial charge in [0, 0.05) is 23.9 Å². The standard InChI is InChI=1S/C21H18N2O3/c1-16-6-10-19(11-7-16)22-14-18-4-2-3-5-21(18)26-15-17-8-12-20(13-9-17)23(24)25/h2-14H,15H2,1H3. The van der Waals surface area contributed by atoms with Crippen LogP contribution in [0.1, 0.15) is 16.7 Å². The van der Waals surface area contributed by atoms with Gasteiger partial charge in [-0.25, -0.2) is 0 Å². The number of hydrogen-bond donors (Lipinski definition) is 0. The van der Waals surface area contributed by atoms with Crippen molar-refractivity contribution in [2.45, 2.75) is 13.5 Å². The molecule has 26 heavy (non-hydrogen) atoms. The molecule has 0 saturated carbocycles. The van der Waals surface area contributed by atoms with Crippen LogP contribution in [0.4, 0.5) is 11.4 Å². The third-order valence-electron chi connectivity index (χ3n) is 3.85. The van der Waals surface area contributed by atoms with Gasteiger partial charge in [0.25, 0.3) is 5.69 Å². The molecule has 0 aliphatic rings. The number of nitro benzene ring substituents is 1. The lowest BCUT2D eigenvalue weighted by Crippen LogP contribution is -1.98. The molecule has 0 bridgehead atoms. The fourth-order valence-corrected chi connectivity index (χ4v) is 2.37. The maximum atomic E-state index is 10.7. The number of aliphatic imine (C=N–C) groups is 1. The molecule has 0 amide bonds. The minimum Gasteiger partial charge on any atom is -0.488 e. The highest BCUT2D eigenvalue weighted by molar-refractivity contribution is 5.85. The quantitative estimate of drug-likeness (QED) is 0.348. The van der Waals surface area contributed by atoms with E-state index in [4.69, 9.17) is 4.74 Å². The Morgan fingerprint density at radius 3 is 2.38 bits per heavy atom. The molecule has 0 saturated heterocycles. The molecule has 0 spiro atoms. The lowest BCUT2D eigenvalue weighted by atomic mass is 10.2. The molecule has 130 valence electrons. The molecule has 3 aromatic carbocycles. The zero-order chi connectivity index (χ0) is 18.4. The lowest BCUT2D eigenvalue weighted by molar-refractivity contribution is -0.384. The molecule has 0 unspecified atom stereocenters. The Balaban J connectivity index is 1.70. The molecule has 0 aliphatic carbocycles. The van der Waals surface area contributed by atoms with E-state index in [0.717, 1.165) is 16.8 Å². The zero-order valence-corrected chi connectivity index (χ0v) is 14.3. The van der Waals surface area contributed by atoms with E-state index in [1.807, 2.05) is 55.5 Å². The Morgan fingerprint density at radius 2 is 1.69 bits per heavy atom. The predicted octanol–water partition coefficient (Wildman–Crippen LogP) is 5.23. The van der Waals surface area contributed by atoms with Crippen molar-refractivity contribution < 1.29 is 9.66 Å². The molecular weight excluding hydrogens is 328 g/mol. The van der Waals surface area contributed by atoms with Gasteiger partial charge in [-0.2, -0.15) is 0 Å². The first-order valence-corrected chi connectivity index (χ1v) is 8.18. The van der Waals surface area contributed by atoms with Gasteiger partial charge in [-0.1, -0.05) is 29.8 Å². The molecule has 0 aromatic heterocycles. The summed E-state index contributed by atoms with van der Waals surface area (Å²) in [6.45, 7) is 2.36. The van der Waals surface area contributed by atoms with Gasteiger partial charge in [-0.15, -0.1) is 0 Å². The van der Waals surface area contributed by atoms with Crippen molar-refractivity contribution in [3.05, 3.63) is 99.6 Å². The third-order valence-corrected chi connectivity index (χ3v) is 3.85. The summed E-state index contributed by atoms with van der Waals surface area (Å²) in [5.41, 5.74) is 3.87. The van der Waals surface area contributed by atoms with E-state index in [0.29, 0.717) is 12.4 Å². The van der Waals surface area contributed by atoms with Gasteiger partial charge >= 0.3 is 0 Å². The lowest BCUT2D eigenvalue weighted by Gasteiger charge is -2.09. The summed E-state index contributed by atoms with van der Waals surface area (Å²) >= 11 is 0. The maximum absolute atomic E-state index is 10.7. The monoisotopic (exact) mass is 346 g/mol. The van der Waals surface area contributed by atoms with Crippen molar-refractivity contribution >= 4 is 17.6 Å². The van der Waals surface area contributed by atoms with Crippen LogP contribution in [0.25, 0.3) is 0 Å². The average Bonchev–Trinajstić information content (AvgIpc) is 2.67. The largest absolute Gasteiger partial charge is 0.488 e. The molecule has 0 aliphatic heterocycles. The molecule has 5 heteroatoms. The number of para-hydroxylation sites is 1. The van der Waals surface area contributed by atoms with E-state index in [-0.39, 0.29) is 5.69 Å². The van der Waals surface area contributed by atoms with Crippen molar-refractivity contribution in [3.63, 3.8) is 0 Å². The number of nitro groups is 1. The highest BCUT2D eigenvalue weighted by Gasteiger charge is 2.05. The van der Waals surface area contributed by atoms with Crippen LogP contribution in [0.2, 0.25) is 0 Å². The van der Waals surface area contributed by atoms with Crippen LogP contribution in [-0.4, -0.2) is 11.1 Å². The van der Waals surface area contributed by atoms with Crippen LogP contribution in [0.5, 0.6) is 5.75 Å². The highest BCUT2D eigenvalue weighted by Crippen LogP contribution is 2.20. The first-order valence-electron chi connectivity index (χ1n) is 8.18. The van der Waals surface area contributed by atoms with Crippen molar-refractivity contribution in [3.8, 4) is 5.75 Å². The van der Waals surface area contributed by atoms with Gasteiger partial charge in [-0.05, 0) is 48.9 Å². The normalized spacial score (nSPS) is 10.8. The molecule has 0 heterocycles. The number of benzene rings is 3. The SMILES string of the molecule is Cc1ccc(N=Cc2ccccc2OCc2ccc([N+](=O)[O-])cc2)cc1. The fourth-order valence-electron chi connectivity index (χ4n) is 2.37.